The minimum absolute atomic E-state index is 0.215. The van der Waals surface area contributed by atoms with Crippen LogP contribution in [0, 0.1) is 6.92 Å². The summed E-state index contributed by atoms with van der Waals surface area (Å²) in [5.41, 5.74) is 1.27. The van der Waals surface area contributed by atoms with Gasteiger partial charge in [0.05, 0.1) is 12.2 Å². The lowest BCUT2D eigenvalue weighted by Crippen LogP contribution is -2.14. The van der Waals surface area contributed by atoms with Crippen LogP contribution in [0.4, 0.5) is 0 Å². The van der Waals surface area contributed by atoms with E-state index in [0.717, 1.165) is 5.69 Å². The van der Waals surface area contributed by atoms with E-state index in [2.05, 4.69) is 10.4 Å². The van der Waals surface area contributed by atoms with Crippen molar-refractivity contribution in [2.24, 2.45) is 7.05 Å². The van der Waals surface area contributed by atoms with Crippen LogP contribution in [0.2, 0.25) is 0 Å². The molecule has 96 valence electrons. The summed E-state index contributed by atoms with van der Waals surface area (Å²) in [5.74, 6) is 0.0843. The second kappa shape index (κ2) is 5.05. The molecule has 0 saturated heterocycles. The van der Waals surface area contributed by atoms with Gasteiger partial charge in [-0.05, 0) is 19.1 Å². The maximum Gasteiger partial charge on any atom is 0.339 e. The number of rotatable bonds is 5. The Morgan fingerprint density at radius 2 is 2.33 bits per heavy atom. The van der Waals surface area contributed by atoms with Crippen molar-refractivity contribution in [1.82, 2.24) is 15.1 Å². The Kier molecular flexibility index (Phi) is 3.47. The van der Waals surface area contributed by atoms with Crippen LogP contribution in [0.1, 0.15) is 27.6 Å². The first kappa shape index (κ1) is 12.4. The summed E-state index contributed by atoms with van der Waals surface area (Å²) in [6.45, 7) is 2.78. The monoisotopic (exact) mass is 249 g/mol. The van der Waals surface area contributed by atoms with Gasteiger partial charge in [0.15, 0.2) is 0 Å². The van der Waals surface area contributed by atoms with Crippen molar-refractivity contribution in [2.45, 2.75) is 20.0 Å². The quantitative estimate of drug-likeness (QED) is 0.835. The smallest absolute Gasteiger partial charge is 0.339 e. The van der Waals surface area contributed by atoms with Crippen molar-refractivity contribution in [3.63, 3.8) is 0 Å². The van der Waals surface area contributed by atoms with Crippen molar-refractivity contribution in [3.8, 4) is 0 Å². The number of aromatic carboxylic acids is 1. The van der Waals surface area contributed by atoms with Crippen molar-refractivity contribution >= 4 is 5.97 Å². The third-order valence-corrected chi connectivity index (χ3v) is 2.73. The highest BCUT2D eigenvalue weighted by atomic mass is 16.4. The van der Waals surface area contributed by atoms with Crippen molar-refractivity contribution in [2.75, 3.05) is 0 Å². The van der Waals surface area contributed by atoms with Crippen LogP contribution in [-0.2, 0) is 20.1 Å². The molecule has 2 aromatic rings. The molecule has 0 bridgehead atoms. The van der Waals surface area contributed by atoms with Crippen LogP contribution in [-0.4, -0.2) is 20.9 Å². The summed E-state index contributed by atoms with van der Waals surface area (Å²) in [5, 5.41) is 16.1. The summed E-state index contributed by atoms with van der Waals surface area (Å²) in [6, 6.07) is 3.47. The minimum atomic E-state index is -0.964. The van der Waals surface area contributed by atoms with E-state index in [1.807, 2.05) is 13.1 Å². The standard InChI is InChI=1S/C12H15N3O3/c1-8-11(12(16)17)5-10(18-8)7-13-6-9-3-4-14-15(9)2/h3-5,13H,6-7H2,1-2H3,(H,16,17). The number of hydrogen-bond donors (Lipinski definition) is 2. The second-order valence-corrected chi connectivity index (χ2v) is 4.04. The Morgan fingerprint density at radius 1 is 1.56 bits per heavy atom. The third-order valence-electron chi connectivity index (χ3n) is 2.73. The molecule has 0 aliphatic carbocycles. The van der Waals surface area contributed by atoms with Crippen LogP contribution in [0.3, 0.4) is 0 Å². The lowest BCUT2D eigenvalue weighted by Gasteiger charge is -2.02. The van der Waals surface area contributed by atoms with E-state index < -0.39 is 5.97 Å². The number of nitrogens with zero attached hydrogens (tertiary/aromatic N) is 2. The first-order valence-corrected chi connectivity index (χ1v) is 5.58. The van der Waals surface area contributed by atoms with E-state index in [1.54, 1.807) is 23.9 Å². The Morgan fingerprint density at radius 3 is 2.89 bits per heavy atom. The minimum Gasteiger partial charge on any atom is -0.478 e. The molecular weight excluding hydrogens is 234 g/mol. The number of aromatic nitrogens is 2. The summed E-state index contributed by atoms with van der Waals surface area (Å²) < 4.78 is 7.14. The van der Waals surface area contributed by atoms with Gasteiger partial charge < -0.3 is 14.8 Å². The summed E-state index contributed by atoms with van der Waals surface area (Å²) in [4.78, 5) is 10.8. The third kappa shape index (κ3) is 2.60. The predicted molar refractivity (Wildman–Crippen MR) is 64.2 cm³/mol. The molecule has 0 aromatic carbocycles. The first-order valence-electron chi connectivity index (χ1n) is 5.58. The van der Waals surface area contributed by atoms with E-state index >= 15 is 0 Å². The van der Waals surface area contributed by atoms with Gasteiger partial charge >= 0.3 is 5.97 Å². The Bertz CT molecular complexity index is 557. The molecule has 0 saturated carbocycles. The Labute approximate surface area is 104 Å². The maximum absolute atomic E-state index is 10.8. The van der Waals surface area contributed by atoms with E-state index in [0.29, 0.717) is 24.6 Å². The van der Waals surface area contributed by atoms with E-state index in [-0.39, 0.29) is 5.56 Å². The molecule has 0 aliphatic rings. The van der Waals surface area contributed by atoms with Gasteiger partial charge in [0.25, 0.3) is 0 Å². The molecular formula is C12H15N3O3. The van der Waals surface area contributed by atoms with Crippen LogP contribution >= 0.6 is 0 Å². The van der Waals surface area contributed by atoms with Crippen LogP contribution in [0.5, 0.6) is 0 Å². The number of furan rings is 1. The van der Waals surface area contributed by atoms with Gasteiger partial charge in [0, 0.05) is 19.8 Å². The van der Waals surface area contributed by atoms with Gasteiger partial charge in [-0.15, -0.1) is 0 Å². The fraction of sp³-hybridized carbons (Fsp3) is 0.333. The highest BCUT2D eigenvalue weighted by Crippen LogP contribution is 2.14. The molecule has 6 heteroatoms. The van der Waals surface area contributed by atoms with Gasteiger partial charge in [-0.25, -0.2) is 4.79 Å². The predicted octanol–water partition coefficient (Wildman–Crippen LogP) is 1.31. The maximum atomic E-state index is 10.8. The molecule has 2 N–H and O–H groups in total. The molecule has 0 unspecified atom stereocenters. The largest absolute Gasteiger partial charge is 0.478 e. The van der Waals surface area contributed by atoms with Crippen molar-refractivity contribution < 1.29 is 14.3 Å². The number of carbonyl (C=O) groups is 1. The van der Waals surface area contributed by atoms with Crippen LogP contribution < -0.4 is 5.32 Å². The van der Waals surface area contributed by atoms with Gasteiger partial charge in [-0.3, -0.25) is 4.68 Å². The van der Waals surface area contributed by atoms with Crippen molar-refractivity contribution in [1.29, 1.82) is 0 Å². The Balaban J connectivity index is 1.93. The molecule has 0 radical (unpaired) electrons. The normalized spacial score (nSPS) is 10.8. The SMILES string of the molecule is Cc1oc(CNCc2ccnn2C)cc1C(=O)O. The first-order chi connectivity index (χ1) is 8.58. The number of aryl methyl sites for hydroxylation is 2. The molecule has 18 heavy (non-hydrogen) atoms. The molecule has 2 aromatic heterocycles. The van der Waals surface area contributed by atoms with E-state index in [4.69, 9.17) is 9.52 Å². The highest BCUT2D eigenvalue weighted by molar-refractivity contribution is 5.88. The molecule has 0 spiro atoms. The zero-order valence-electron chi connectivity index (χ0n) is 10.3. The fourth-order valence-corrected chi connectivity index (χ4v) is 1.73. The molecule has 0 atom stereocenters. The lowest BCUT2D eigenvalue weighted by molar-refractivity contribution is 0.0695. The van der Waals surface area contributed by atoms with Crippen LogP contribution in [0.25, 0.3) is 0 Å². The number of nitrogens with one attached hydrogen (secondary N) is 1. The number of carboxylic acids is 1. The van der Waals surface area contributed by atoms with Gasteiger partial charge in [0.2, 0.25) is 0 Å². The Hall–Kier alpha value is -2.08. The molecule has 6 nitrogen and oxygen atoms in total. The van der Waals surface area contributed by atoms with Gasteiger partial charge in [-0.1, -0.05) is 0 Å². The number of hydrogen-bond acceptors (Lipinski definition) is 4. The number of carboxylic acid groups (broad SMARTS) is 1. The van der Waals surface area contributed by atoms with Gasteiger partial charge in [-0.2, -0.15) is 5.10 Å². The molecule has 2 heterocycles. The highest BCUT2D eigenvalue weighted by Gasteiger charge is 2.13. The van der Waals surface area contributed by atoms with Crippen LogP contribution in [0.15, 0.2) is 22.7 Å². The fourth-order valence-electron chi connectivity index (χ4n) is 1.73. The zero-order chi connectivity index (χ0) is 13.1. The lowest BCUT2D eigenvalue weighted by atomic mass is 10.2. The average molecular weight is 249 g/mol. The van der Waals surface area contributed by atoms with Gasteiger partial charge in [0.1, 0.15) is 17.1 Å². The summed E-state index contributed by atoms with van der Waals surface area (Å²) >= 11 is 0. The molecule has 2 rings (SSSR count). The molecule has 0 amide bonds. The van der Waals surface area contributed by atoms with E-state index in [9.17, 15) is 4.79 Å². The topological polar surface area (TPSA) is 80.3 Å². The molecule has 0 fully saturated rings. The van der Waals surface area contributed by atoms with E-state index in [1.165, 1.54) is 0 Å². The zero-order valence-corrected chi connectivity index (χ0v) is 10.3. The second-order valence-electron chi connectivity index (χ2n) is 4.04. The van der Waals surface area contributed by atoms with Crippen molar-refractivity contribution in [3.05, 3.63) is 41.1 Å². The summed E-state index contributed by atoms with van der Waals surface area (Å²) in [6.07, 6.45) is 1.73. The summed E-state index contributed by atoms with van der Waals surface area (Å²) in [7, 11) is 1.87. The molecule has 0 aliphatic heterocycles. The average Bonchev–Trinajstić information content (AvgIpc) is 2.86.